The summed E-state index contributed by atoms with van der Waals surface area (Å²) < 4.78 is 18.6. The van der Waals surface area contributed by atoms with Gasteiger partial charge in [0, 0.05) is 11.6 Å². The molecule has 1 aliphatic heterocycles. The van der Waals surface area contributed by atoms with Gasteiger partial charge in [0.05, 0.1) is 41.1 Å². The molecule has 2 aromatic heterocycles. The molecule has 0 spiro atoms. The molecule has 40 heavy (non-hydrogen) atoms. The normalized spacial score (nSPS) is 15.0. The monoisotopic (exact) mass is 558 g/mol. The molecule has 9 nitrogen and oxygen atoms in total. The van der Waals surface area contributed by atoms with Crippen molar-refractivity contribution in [3.63, 3.8) is 0 Å². The molecule has 0 radical (unpaired) electrons. The van der Waals surface area contributed by atoms with Crippen LogP contribution in [-0.2, 0) is 9.53 Å². The lowest BCUT2D eigenvalue weighted by molar-refractivity contribution is -0.139. The van der Waals surface area contributed by atoms with Crippen LogP contribution in [0.4, 0.5) is 0 Å². The van der Waals surface area contributed by atoms with Gasteiger partial charge in [0.2, 0.25) is 0 Å². The Morgan fingerprint density at radius 1 is 1.15 bits per heavy atom. The molecular formula is C30H26N2O7S. The number of methoxy groups -OCH3 is 1. The fraction of sp³-hybridized carbons (Fsp3) is 0.200. The quantitative estimate of drug-likeness (QED) is 0.340. The van der Waals surface area contributed by atoms with Crippen molar-refractivity contribution in [2.45, 2.75) is 26.8 Å². The van der Waals surface area contributed by atoms with E-state index in [1.807, 2.05) is 25.1 Å². The lowest BCUT2D eigenvalue weighted by Gasteiger charge is -2.25. The number of benzene rings is 2. The molecule has 0 aliphatic carbocycles. The fourth-order valence-electron chi connectivity index (χ4n) is 4.70. The van der Waals surface area contributed by atoms with Crippen LogP contribution in [0.2, 0.25) is 0 Å². The third-order valence-corrected chi connectivity index (χ3v) is 7.57. The maximum absolute atomic E-state index is 13.8. The Morgan fingerprint density at radius 2 is 1.93 bits per heavy atom. The molecule has 10 heteroatoms. The summed E-state index contributed by atoms with van der Waals surface area (Å²) in [5.41, 5.74) is 2.51. The van der Waals surface area contributed by atoms with Gasteiger partial charge in [0.1, 0.15) is 17.3 Å². The molecule has 0 unspecified atom stereocenters. The zero-order chi connectivity index (χ0) is 28.6. The van der Waals surface area contributed by atoms with E-state index in [2.05, 4.69) is 4.99 Å². The summed E-state index contributed by atoms with van der Waals surface area (Å²) in [6.07, 6.45) is 1.59. The van der Waals surface area contributed by atoms with Crippen LogP contribution >= 0.6 is 11.3 Å². The average Bonchev–Trinajstić information content (AvgIpc) is 3.52. The number of carboxylic acid groups (broad SMARTS) is 1. The molecule has 0 amide bonds. The molecule has 0 fully saturated rings. The summed E-state index contributed by atoms with van der Waals surface area (Å²) in [6, 6.07) is 14.6. The van der Waals surface area contributed by atoms with Gasteiger partial charge in [-0.05, 0) is 56.2 Å². The first-order chi connectivity index (χ1) is 19.2. The minimum Gasteiger partial charge on any atom is -0.496 e. The van der Waals surface area contributed by atoms with E-state index < -0.39 is 18.0 Å². The number of nitrogens with zero attached hydrogens (tertiary/aromatic N) is 2. The molecule has 1 atom stereocenters. The number of carbonyl (C=O) groups excluding carboxylic acids is 1. The number of fused-ring (bicyclic) bond motifs is 1. The van der Waals surface area contributed by atoms with Gasteiger partial charge in [0.25, 0.3) is 5.56 Å². The topological polar surface area (TPSA) is 120 Å². The van der Waals surface area contributed by atoms with Crippen molar-refractivity contribution in [1.82, 2.24) is 4.57 Å². The molecule has 204 valence electrons. The van der Waals surface area contributed by atoms with Gasteiger partial charge in [-0.15, -0.1) is 0 Å². The summed E-state index contributed by atoms with van der Waals surface area (Å²) in [5.74, 6) is -0.252. The summed E-state index contributed by atoms with van der Waals surface area (Å²) in [5, 5.41) is 9.53. The van der Waals surface area contributed by atoms with Crippen LogP contribution in [0.1, 0.15) is 47.1 Å². The molecular weight excluding hydrogens is 532 g/mol. The fourth-order valence-corrected chi connectivity index (χ4v) is 5.73. The van der Waals surface area contributed by atoms with Crippen LogP contribution in [-0.4, -0.2) is 35.3 Å². The molecule has 1 aliphatic rings. The number of rotatable bonds is 7. The lowest BCUT2D eigenvalue weighted by Crippen LogP contribution is -2.40. The van der Waals surface area contributed by atoms with Crippen molar-refractivity contribution in [3.8, 4) is 17.1 Å². The predicted octanol–water partition coefficient (Wildman–Crippen LogP) is 4.07. The van der Waals surface area contributed by atoms with Gasteiger partial charge in [-0.3, -0.25) is 9.36 Å². The van der Waals surface area contributed by atoms with Gasteiger partial charge in [0.15, 0.2) is 4.80 Å². The largest absolute Gasteiger partial charge is 0.496 e. The van der Waals surface area contributed by atoms with Gasteiger partial charge in [-0.25, -0.2) is 14.6 Å². The smallest absolute Gasteiger partial charge is 0.338 e. The standard InChI is InChI=1S/C30H26N2O7S/c1-5-38-29(36)25-17(3)31-30-32(26(25)18-11-10-16(2)23(14-18)37-4)27(33)24(40-30)15-19-12-13-22(39-19)20-8-6-7-9-21(20)28(34)35/h6-15,26H,5H2,1-4H3,(H,34,35)/b24-15+/t26-/m1/s1. The average molecular weight is 559 g/mol. The van der Waals surface area contributed by atoms with E-state index in [1.54, 1.807) is 57.4 Å². The third-order valence-electron chi connectivity index (χ3n) is 6.59. The van der Waals surface area contributed by atoms with E-state index in [4.69, 9.17) is 13.9 Å². The van der Waals surface area contributed by atoms with E-state index in [9.17, 15) is 19.5 Å². The number of carbonyl (C=O) groups is 2. The molecule has 0 saturated heterocycles. The number of thiazole rings is 1. The second-order valence-corrected chi connectivity index (χ2v) is 10.1. The first-order valence-corrected chi connectivity index (χ1v) is 13.3. The van der Waals surface area contributed by atoms with Crippen molar-refractivity contribution in [2.24, 2.45) is 4.99 Å². The van der Waals surface area contributed by atoms with Crippen LogP contribution in [0.15, 0.2) is 80.1 Å². The minimum absolute atomic E-state index is 0.110. The molecule has 0 bridgehead atoms. The zero-order valence-electron chi connectivity index (χ0n) is 22.3. The Bertz CT molecular complexity index is 1860. The Kier molecular flexibility index (Phi) is 7.27. The lowest BCUT2D eigenvalue weighted by atomic mass is 9.95. The first kappa shape index (κ1) is 26.9. The number of aryl methyl sites for hydroxylation is 1. The Labute approximate surface area is 232 Å². The van der Waals surface area contributed by atoms with E-state index in [0.717, 1.165) is 5.56 Å². The number of aromatic carboxylic acids is 1. The van der Waals surface area contributed by atoms with Crippen molar-refractivity contribution in [2.75, 3.05) is 13.7 Å². The van der Waals surface area contributed by atoms with Crippen LogP contribution < -0.4 is 19.6 Å². The van der Waals surface area contributed by atoms with Crippen molar-refractivity contribution >= 4 is 29.4 Å². The number of esters is 1. The third kappa shape index (κ3) is 4.77. The van der Waals surface area contributed by atoms with Gasteiger partial charge < -0.3 is 19.0 Å². The van der Waals surface area contributed by atoms with Crippen LogP contribution in [0.25, 0.3) is 17.4 Å². The number of furan rings is 1. The Balaban J connectivity index is 1.66. The molecule has 5 rings (SSSR count). The van der Waals surface area contributed by atoms with Crippen LogP contribution in [0, 0.1) is 6.92 Å². The van der Waals surface area contributed by atoms with E-state index in [1.165, 1.54) is 22.0 Å². The summed E-state index contributed by atoms with van der Waals surface area (Å²) in [6.45, 7) is 5.53. The van der Waals surface area contributed by atoms with Gasteiger partial charge in [-0.2, -0.15) is 0 Å². The highest BCUT2D eigenvalue weighted by atomic mass is 32.1. The highest BCUT2D eigenvalue weighted by Crippen LogP contribution is 2.33. The van der Waals surface area contributed by atoms with Gasteiger partial charge in [-0.1, -0.05) is 41.7 Å². The number of ether oxygens (including phenoxy) is 2. The van der Waals surface area contributed by atoms with Crippen molar-refractivity contribution < 1.29 is 28.6 Å². The second kappa shape index (κ2) is 10.8. The maximum atomic E-state index is 13.8. The number of allylic oxidation sites excluding steroid dienone is 1. The predicted molar refractivity (Wildman–Crippen MR) is 149 cm³/mol. The maximum Gasteiger partial charge on any atom is 0.338 e. The number of carboxylic acids is 1. The van der Waals surface area contributed by atoms with Crippen molar-refractivity contribution in [1.29, 1.82) is 0 Å². The second-order valence-electron chi connectivity index (χ2n) is 9.08. The SMILES string of the molecule is CCOC(=O)C1=C(C)N=c2s/c(=C/c3ccc(-c4ccccc4C(=O)O)o3)c(=O)n2[C@@H]1c1ccc(C)c(OC)c1. The number of hydrogen-bond donors (Lipinski definition) is 1. The molecule has 1 N–H and O–H groups in total. The van der Waals surface area contributed by atoms with E-state index >= 15 is 0 Å². The first-order valence-electron chi connectivity index (χ1n) is 12.5. The van der Waals surface area contributed by atoms with Gasteiger partial charge >= 0.3 is 11.9 Å². The zero-order valence-corrected chi connectivity index (χ0v) is 23.1. The Hall–Kier alpha value is -4.70. The van der Waals surface area contributed by atoms with E-state index in [-0.39, 0.29) is 23.3 Å². The highest BCUT2D eigenvalue weighted by Gasteiger charge is 2.33. The van der Waals surface area contributed by atoms with Crippen molar-refractivity contribution in [3.05, 3.63) is 108 Å². The highest BCUT2D eigenvalue weighted by molar-refractivity contribution is 7.07. The number of hydrogen-bond acceptors (Lipinski definition) is 8. The summed E-state index contributed by atoms with van der Waals surface area (Å²) >= 11 is 1.17. The Morgan fingerprint density at radius 3 is 2.65 bits per heavy atom. The van der Waals surface area contributed by atoms with Crippen LogP contribution in [0.5, 0.6) is 5.75 Å². The molecule has 3 heterocycles. The van der Waals surface area contributed by atoms with Crippen LogP contribution in [0.3, 0.4) is 0 Å². The van der Waals surface area contributed by atoms with E-state index in [0.29, 0.717) is 43.4 Å². The minimum atomic E-state index is -1.07. The summed E-state index contributed by atoms with van der Waals surface area (Å²) in [4.78, 5) is 43.6. The molecule has 4 aromatic rings. The summed E-state index contributed by atoms with van der Waals surface area (Å²) in [7, 11) is 1.57. The molecule has 2 aromatic carbocycles. The molecule has 0 saturated carbocycles. The number of aromatic nitrogens is 1.